The van der Waals surface area contributed by atoms with Crippen LogP contribution in [0.5, 0.6) is 0 Å². The first-order valence-corrected chi connectivity index (χ1v) is 9.88. The number of alkyl halides is 5. The topological polar surface area (TPSA) is 97.1 Å². The lowest BCUT2D eigenvalue weighted by atomic mass is 10.2. The second-order valence-electron chi connectivity index (χ2n) is 7.04. The number of rotatable bonds is 7. The molecule has 0 spiro atoms. The first-order chi connectivity index (χ1) is 16.2. The van der Waals surface area contributed by atoms with E-state index in [4.69, 9.17) is 0 Å². The number of nitrogens with zero attached hydrogens (tertiary/aromatic N) is 5. The number of halogens is 5. The van der Waals surface area contributed by atoms with Crippen molar-refractivity contribution in [3.05, 3.63) is 66.2 Å². The number of amides is 1. The Labute approximate surface area is 188 Å². The van der Waals surface area contributed by atoms with Crippen LogP contribution < -0.4 is 10.6 Å². The maximum atomic E-state index is 13.1. The summed E-state index contributed by atoms with van der Waals surface area (Å²) < 4.78 is 64.8. The number of aromatic nitrogens is 5. The molecule has 4 heterocycles. The predicted octanol–water partition coefficient (Wildman–Crippen LogP) is 4.55. The number of carbonyl (C=O) groups excluding carboxylic acids is 1. The molecule has 8 nitrogen and oxygen atoms in total. The normalized spacial score (nSPS) is 11.7. The summed E-state index contributed by atoms with van der Waals surface area (Å²) in [5.41, 5.74) is 0.384. The number of hydrogen-bond acceptors (Lipinski definition) is 6. The molecule has 2 N–H and O–H groups in total. The Morgan fingerprint density at radius 2 is 1.91 bits per heavy atom. The highest BCUT2D eigenvalue weighted by Gasteiger charge is 2.27. The fourth-order valence-corrected chi connectivity index (χ4v) is 3.06. The van der Waals surface area contributed by atoms with Gasteiger partial charge in [0.25, 0.3) is 12.3 Å². The van der Waals surface area contributed by atoms with Crippen LogP contribution in [0.4, 0.5) is 33.5 Å². The molecule has 0 bridgehead atoms. The number of nitrogens with one attached hydrogen (secondary N) is 2. The van der Waals surface area contributed by atoms with E-state index in [1.807, 2.05) is 0 Å². The highest BCUT2D eigenvalue weighted by Crippen LogP contribution is 2.26. The van der Waals surface area contributed by atoms with Crippen LogP contribution >= 0.6 is 0 Å². The van der Waals surface area contributed by atoms with Gasteiger partial charge in [-0.3, -0.25) is 9.78 Å². The van der Waals surface area contributed by atoms with Gasteiger partial charge in [-0.1, -0.05) is 6.07 Å². The van der Waals surface area contributed by atoms with Crippen LogP contribution in [-0.2, 0) is 0 Å². The van der Waals surface area contributed by atoms with Gasteiger partial charge in [0.15, 0.2) is 5.82 Å². The maximum absolute atomic E-state index is 13.1. The van der Waals surface area contributed by atoms with Crippen molar-refractivity contribution in [1.82, 2.24) is 29.9 Å². The van der Waals surface area contributed by atoms with Crippen LogP contribution in [0.15, 0.2) is 55.0 Å². The van der Waals surface area contributed by atoms with Crippen molar-refractivity contribution in [2.24, 2.45) is 0 Å². The number of pyridine rings is 2. The zero-order valence-electron chi connectivity index (χ0n) is 17.2. The first-order valence-electron chi connectivity index (χ1n) is 9.88. The molecule has 0 radical (unpaired) electrons. The van der Waals surface area contributed by atoms with E-state index in [1.165, 1.54) is 41.2 Å². The molecule has 176 valence electrons. The minimum Gasteiger partial charge on any atom is -0.352 e. The van der Waals surface area contributed by atoms with E-state index in [2.05, 4.69) is 30.7 Å². The Kier molecular flexibility index (Phi) is 6.34. The molecule has 0 aliphatic rings. The summed E-state index contributed by atoms with van der Waals surface area (Å²) in [6.45, 7) is -0.594. The molecule has 0 aliphatic heterocycles. The van der Waals surface area contributed by atoms with E-state index in [0.29, 0.717) is 5.52 Å². The second kappa shape index (κ2) is 9.37. The minimum atomic E-state index is -4.41. The summed E-state index contributed by atoms with van der Waals surface area (Å²) in [6.07, 6.45) is -4.15. The maximum Gasteiger partial charge on any atom is 0.390 e. The molecule has 13 heteroatoms. The Morgan fingerprint density at radius 3 is 2.68 bits per heavy atom. The highest BCUT2D eigenvalue weighted by atomic mass is 19.4. The van der Waals surface area contributed by atoms with Gasteiger partial charge in [0.1, 0.15) is 16.9 Å². The zero-order valence-corrected chi connectivity index (χ0v) is 17.2. The van der Waals surface area contributed by atoms with E-state index < -0.39 is 37.2 Å². The number of carbonyl (C=O) groups is 1. The summed E-state index contributed by atoms with van der Waals surface area (Å²) in [5, 5.41) is 9.46. The van der Waals surface area contributed by atoms with Crippen molar-refractivity contribution in [2.45, 2.75) is 19.0 Å². The van der Waals surface area contributed by atoms with Gasteiger partial charge in [0.05, 0.1) is 17.7 Å². The predicted molar refractivity (Wildman–Crippen MR) is 112 cm³/mol. The molecule has 0 aromatic carbocycles. The molecule has 0 saturated carbocycles. The molecule has 0 saturated heterocycles. The van der Waals surface area contributed by atoms with E-state index in [9.17, 15) is 26.7 Å². The lowest BCUT2D eigenvalue weighted by Crippen LogP contribution is -2.28. The smallest absolute Gasteiger partial charge is 0.352 e. The van der Waals surface area contributed by atoms with Gasteiger partial charge in [-0.05, 0) is 30.3 Å². The summed E-state index contributed by atoms with van der Waals surface area (Å²) >= 11 is 0. The number of anilines is 2. The lowest BCUT2D eigenvalue weighted by Gasteiger charge is -2.13. The molecule has 1 amide bonds. The largest absolute Gasteiger partial charge is 0.390 e. The Hall–Kier alpha value is -4.16. The molecular weight excluding hydrogens is 461 g/mol. The van der Waals surface area contributed by atoms with Gasteiger partial charge in [-0.2, -0.15) is 13.2 Å². The van der Waals surface area contributed by atoms with Crippen LogP contribution in [0.2, 0.25) is 0 Å². The van der Waals surface area contributed by atoms with Crippen molar-refractivity contribution in [2.75, 3.05) is 11.9 Å². The molecule has 4 rings (SSSR count). The molecular formula is C21H16F5N7O. The third-order valence-electron chi connectivity index (χ3n) is 4.63. The van der Waals surface area contributed by atoms with Crippen LogP contribution in [0.3, 0.4) is 0 Å². The average Bonchev–Trinajstić information content (AvgIpc) is 3.28. The second-order valence-corrected chi connectivity index (χ2v) is 7.04. The summed E-state index contributed by atoms with van der Waals surface area (Å²) in [7, 11) is 0. The summed E-state index contributed by atoms with van der Waals surface area (Å²) in [5.74, 6) is -0.499. The molecule has 0 unspecified atom stereocenters. The molecule has 4 aromatic rings. The van der Waals surface area contributed by atoms with Crippen LogP contribution in [0.25, 0.3) is 17.0 Å². The highest BCUT2D eigenvalue weighted by molar-refractivity contribution is 6.00. The fourth-order valence-electron chi connectivity index (χ4n) is 3.06. The summed E-state index contributed by atoms with van der Waals surface area (Å²) in [6, 6.07) is 8.88. The van der Waals surface area contributed by atoms with Gasteiger partial charge in [0.2, 0.25) is 5.82 Å². The van der Waals surface area contributed by atoms with E-state index in [-0.39, 0.29) is 28.6 Å². The zero-order chi connectivity index (χ0) is 24.3. The Bertz CT molecular complexity index is 1320. The lowest BCUT2D eigenvalue weighted by molar-refractivity contribution is -0.132. The molecule has 0 atom stereocenters. The van der Waals surface area contributed by atoms with Gasteiger partial charge < -0.3 is 10.6 Å². The van der Waals surface area contributed by atoms with Crippen LogP contribution in [0, 0.1) is 0 Å². The average molecular weight is 477 g/mol. The summed E-state index contributed by atoms with van der Waals surface area (Å²) in [4.78, 5) is 24.6. The van der Waals surface area contributed by atoms with Gasteiger partial charge in [-0.15, -0.1) is 5.10 Å². The Balaban J connectivity index is 1.66. The van der Waals surface area contributed by atoms with Gasteiger partial charge in [0, 0.05) is 25.1 Å². The number of hydrogen-bond donors (Lipinski definition) is 2. The number of fused-ring (bicyclic) bond motifs is 1. The van der Waals surface area contributed by atoms with E-state index in [0.717, 1.165) is 0 Å². The SMILES string of the molecule is O=C(NCCC(F)(F)F)c1cnccc1Nc1nc(-c2cccc(C(F)F)n2)nn2cccc12. The standard InChI is InChI=1S/C21H16F5N7O/c22-17(23)14-3-1-4-15(29-14)18-31-19(16-5-2-10-33(16)32-18)30-13-6-8-27-11-12(13)20(34)28-9-7-21(24,25)26/h1-6,8,10-11,17H,7,9H2,(H,28,34)(H,27,30,31,32). The molecule has 0 aliphatic carbocycles. The quantitative estimate of drug-likeness (QED) is 0.379. The monoisotopic (exact) mass is 477 g/mol. The van der Waals surface area contributed by atoms with Crippen molar-refractivity contribution in [3.63, 3.8) is 0 Å². The molecule has 4 aromatic heterocycles. The minimum absolute atomic E-state index is 0.00707. The van der Waals surface area contributed by atoms with Crippen LogP contribution in [-0.4, -0.2) is 43.2 Å². The van der Waals surface area contributed by atoms with Gasteiger partial charge in [-0.25, -0.2) is 23.3 Å². The van der Waals surface area contributed by atoms with Crippen molar-refractivity contribution in [3.8, 4) is 11.5 Å². The first kappa shape index (κ1) is 23.0. The Morgan fingerprint density at radius 1 is 1.09 bits per heavy atom. The van der Waals surface area contributed by atoms with E-state index >= 15 is 0 Å². The van der Waals surface area contributed by atoms with E-state index in [1.54, 1.807) is 18.3 Å². The van der Waals surface area contributed by atoms with Gasteiger partial charge >= 0.3 is 6.18 Å². The van der Waals surface area contributed by atoms with Crippen molar-refractivity contribution >= 4 is 22.9 Å². The van der Waals surface area contributed by atoms with Crippen molar-refractivity contribution < 1.29 is 26.7 Å². The molecule has 34 heavy (non-hydrogen) atoms. The fraction of sp³-hybridized carbons (Fsp3) is 0.190. The van der Waals surface area contributed by atoms with Crippen molar-refractivity contribution in [1.29, 1.82) is 0 Å². The molecule has 0 fully saturated rings. The van der Waals surface area contributed by atoms with Crippen LogP contribution in [0.1, 0.15) is 28.9 Å². The third-order valence-corrected chi connectivity index (χ3v) is 4.63. The third kappa shape index (κ3) is 5.24.